The third kappa shape index (κ3) is 5.92. The van der Waals surface area contributed by atoms with Crippen LogP contribution in [0.4, 0.5) is 0 Å². The highest BCUT2D eigenvalue weighted by atomic mass is 32.2. The molecular formula is C31H34N2O6S2. The summed E-state index contributed by atoms with van der Waals surface area (Å²) < 4.78 is 12.4. The second kappa shape index (κ2) is 12.8. The van der Waals surface area contributed by atoms with Gasteiger partial charge in [0.2, 0.25) is 0 Å². The maximum atomic E-state index is 13.6. The lowest BCUT2D eigenvalue weighted by molar-refractivity contribution is -0.191. The number of hydrogen-bond acceptors (Lipinski definition) is 8. The molecule has 3 unspecified atom stereocenters. The van der Waals surface area contributed by atoms with Crippen molar-refractivity contribution in [3.63, 3.8) is 0 Å². The molecule has 4 aliphatic rings. The van der Waals surface area contributed by atoms with E-state index in [-0.39, 0.29) is 30.0 Å². The number of carbonyl (C=O) groups excluding carboxylic acids is 4. The molecule has 3 heterocycles. The molecule has 4 atom stereocenters. The zero-order valence-corrected chi connectivity index (χ0v) is 24.9. The number of likely N-dealkylation sites (tertiary alicyclic amines) is 1. The van der Waals surface area contributed by atoms with Crippen LogP contribution in [0.5, 0.6) is 5.75 Å². The standard InChI is InChI=1S/C30H34N2O4S2.CO2/c1-3-21-6-4-5-13-31(21)28(33)23-16-20(9-11-26(23)35-2)25-12-10-22(36-25)17-27-29(34)32(30(37)38-27)24-15-18-7-8-19(24)14-18;2-1-3/h9-12,16-19,21,24H,3-8,13-15H2,1-2H3;/b27-17-;/t18?,19?,21-,24?;/m1./s1. The number of hydrogen-bond donors (Lipinski definition) is 0. The number of carbonyl (C=O) groups is 2. The SMILES string of the molecule is CC[C@@H]1CCCCN1C(=O)c1cc(-c2ccc(/C=C3\SC(=S)N(C4CC5CCC4C5)C3=O)o2)ccc1OC.O=C=O. The average molecular weight is 595 g/mol. The van der Waals surface area contributed by atoms with E-state index in [1.54, 1.807) is 13.2 Å². The Bertz CT molecular complexity index is 1390. The molecule has 0 N–H and O–H groups in total. The van der Waals surface area contributed by atoms with Gasteiger partial charge in [0, 0.05) is 30.3 Å². The number of ether oxygens (including phenoxy) is 1. The molecular weight excluding hydrogens is 560 g/mol. The van der Waals surface area contributed by atoms with Gasteiger partial charge < -0.3 is 14.1 Å². The zero-order valence-electron chi connectivity index (χ0n) is 23.3. The number of methoxy groups -OCH3 is 1. The number of rotatable bonds is 6. The van der Waals surface area contributed by atoms with Gasteiger partial charge in [-0.05, 0) is 87.1 Å². The first-order chi connectivity index (χ1) is 19.9. The molecule has 2 aromatic rings. The van der Waals surface area contributed by atoms with E-state index in [0.29, 0.717) is 38.0 Å². The quantitative estimate of drug-likeness (QED) is 0.290. The monoisotopic (exact) mass is 594 g/mol. The highest BCUT2D eigenvalue weighted by Crippen LogP contribution is 2.49. The molecule has 0 radical (unpaired) electrons. The number of thioether (sulfide) groups is 1. The molecule has 216 valence electrons. The Morgan fingerprint density at radius 1 is 1.17 bits per heavy atom. The summed E-state index contributed by atoms with van der Waals surface area (Å²) in [7, 11) is 1.59. The van der Waals surface area contributed by atoms with Crippen molar-refractivity contribution in [2.45, 2.75) is 70.4 Å². The summed E-state index contributed by atoms with van der Waals surface area (Å²) in [5.74, 6) is 3.14. The van der Waals surface area contributed by atoms with Crippen molar-refractivity contribution in [1.29, 1.82) is 0 Å². The highest BCUT2D eigenvalue weighted by molar-refractivity contribution is 8.26. The minimum Gasteiger partial charge on any atom is -0.496 e. The molecule has 2 aliphatic heterocycles. The number of piperidine rings is 1. The molecule has 2 aliphatic carbocycles. The number of thiocarbonyl (C=S) groups is 1. The molecule has 2 amide bonds. The van der Waals surface area contributed by atoms with Crippen molar-refractivity contribution in [1.82, 2.24) is 9.80 Å². The average Bonchev–Trinajstić information content (AvgIpc) is 3.78. The van der Waals surface area contributed by atoms with E-state index in [0.717, 1.165) is 50.1 Å². The lowest BCUT2D eigenvalue weighted by atomic mass is 9.94. The second-order valence-corrected chi connectivity index (χ2v) is 12.7. The molecule has 6 rings (SSSR count). The molecule has 2 saturated carbocycles. The summed E-state index contributed by atoms with van der Waals surface area (Å²) in [6.45, 7) is 2.91. The van der Waals surface area contributed by atoms with Gasteiger partial charge in [0.05, 0.1) is 17.6 Å². The van der Waals surface area contributed by atoms with Gasteiger partial charge >= 0.3 is 6.15 Å². The van der Waals surface area contributed by atoms with Crippen LogP contribution in [0.2, 0.25) is 0 Å². The summed E-state index contributed by atoms with van der Waals surface area (Å²) in [4.78, 5) is 47.6. The fourth-order valence-electron chi connectivity index (χ4n) is 6.88. The minimum atomic E-state index is -0.000148. The largest absolute Gasteiger partial charge is 0.496 e. The zero-order chi connectivity index (χ0) is 29.1. The topological polar surface area (TPSA) is 97.1 Å². The van der Waals surface area contributed by atoms with Crippen LogP contribution in [0.1, 0.15) is 74.4 Å². The Hall–Kier alpha value is -3.20. The molecule has 0 spiro atoms. The van der Waals surface area contributed by atoms with E-state index in [2.05, 4.69) is 6.92 Å². The smallest absolute Gasteiger partial charge is 0.373 e. The lowest BCUT2D eigenvalue weighted by Crippen LogP contribution is -2.43. The van der Waals surface area contributed by atoms with Crippen molar-refractivity contribution in [2.75, 3.05) is 13.7 Å². The molecule has 4 fully saturated rings. The summed E-state index contributed by atoms with van der Waals surface area (Å²) in [6, 6.07) is 9.85. The Kier molecular flexibility index (Phi) is 9.12. The van der Waals surface area contributed by atoms with Gasteiger partial charge in [0.25, 0.3) is 11.8 Å². The number of nitrogens with zero attached hydrogens (tertiary/aromatic N) is 2. The van der Waals surface area contributed by atoms with E-state index in [1.807, 2.05) is 40.1 Å². The molecule has 1 aromatic carbocycles. The third-order valence-electron chi connectivity index (χ3n) is 8.83. The van der Waals surface area contributed by atoms with Gasteiger partial charge in [0.15, 0.2) is 0 Å². The van der Waals surface area contributed by atoms with Gasteiger partial charge in [-0.3, -0.25) is 14.5 Å². The number of fused-ring (bicyclic) bond motifs is 2. The van der Waals surface area contributed by atoms with E-state index in [4.69, 9.17) is 31.0 Å². The van der Waals surface area contributed by atoms with Crippen LogP contribution in [0, 0.1) is 11.8 Å². The molecule has 2 saturated heterocycles. The first kappa shape index (κ1) is 29.3. The molecule has 2 bridgehead atoms. The fraction of sp³-hybridized carbons (Fsp3) is 0.484. The Morgan fingerprint density at radius 2 is 1.98 bits per heavy atom. The Balaban J connectivity index is 0.00000108. The maximum absolute atomic E-state index is 13.6. The predicted molar refractivity (Wildman–Crippen MR) is 159 cm³/mol. The van der Waals surface area contributed by atoms with Crippen molar-refractivity contribution in [3.05, 3.63) is 46.6 Å². The number of benzene rings is 1. The van der Waals surface area contributed by atoms with Crippen LogP contribution in [-0.4, -0.2) is 57.8 Å². The molecule has 41 heavy (non-hydrogen) atoms. The summed E-state index contributed by atoms with van der Waals surface area (Å²) >= 11 is 6.99. The van der Waals surface area contributed by atoms with Crippen molar-refractivity contribution < 1.29 is 28.3 Å². The van der Waals surface area contributed by atoms with Gasteiger partial charge in [0.1, 0.15) is 21.6 Å². The fourth-order valence-corrected chi connectivity index (χ4v) is 8.24. The van der Waals surface area contributed by atoms with Crippen molar-refractivity contribution >= 4 is 52.3 Å². The van der Waals surface area contributed by atoms with Gasteiger partial charge in [-0.2, -0.15) is 9.59 Å². The third-order valence-corrected chi connectivity index (χ3v) is 10.2. The molecule has 10 heteroatoms. The van der Waals surface area contributed by atoms with Crippen LogP contribution in [0.3, 0.4) is 0 Å². The highest BCUT2D eigenvalue weighted by Gasteiger charge is 2.48. The summed E-state index contributed by atoms with van der Waals surface area (Å²) in [5, 5.41) is 0. The maximum Gasteiger partial charge on any atom is 0.373 e. The van der Waals surface area contributed by atoms with Crippen LogP contribution in [0.15, 0.2) is 39.7 Å². The second-order valence-electron chi connectivity index (χ2n) is 11.1. The lowest BCUT2D eigenvalue weighted by Gasteiger charge is -2.35. The van der Waals surface area contributed by atoms with Crippen LogP contribution < -0.4 is 4.74 Å². The Labute approximate surface area is 249 Å². The van der Waals surface area contributed by atoms with Crippen molar-refractivity contribution in [3.8, 4) is 17.1 Å². The van der Waals surface area contributed by atoms with Gasteiger partial charge in [-0.15, -0.1) is 0 Å². The van der Waals surface area contributed by atoms with Crippen LogP contribution in [0.25, 0.3) is 17.4 Å². The van der Waals surface area contributed by atoms with E-state index in [9.17, 15) is 9.59 Å². The van der Waals surface area contributed by atoms with E-state index >= 15 is 0 Å². The molecule has 1 aromatic heterocycles. The van der Waals surface area contributed by atoms with E-state index in [1.165, 1.54) is 31.0 Å². The first-order valence-electron chi connectivity index (χ1n) is 14.2. The van der Waals surface area contributed by atoms with Gasteiger partial charge in [-0.1, -0.05) is 37.3 Å². The Morgan fingerprint density at radius 3 is 2.66 bits per heavy atom. The van der Waals surface area contributed by atoms with E-state index < -0.39 is 0 Å². The van der Waals surface area contributed by atoms with Crippen molar-refractivity contribution in [2.24, 2.45) is 11.8 Å². The van der Waals surface area contributed by atoms with Crippen LogP contribution >= 0.6 is 24.0 Å². The normalized spacial score (nSPS) is 26.2. The number of furan rings is 1. The van der Waals surface area contributed by atoms with Crippen LogP contribution in [-0.2, 0) is 14.4 Å². The number of amides is 2. The summed E-state index contributed by atoms with van der Waals surface area (Å²) in [5.41, 5.74) is 1.35. The van der Waals surface area contributed by atoms with Gasteiger partial charge in [-0.25, -0.2) is 0 Å². The first-order valence-corrected chi connectivity index (χ1v) is 15.5. The summed E-state index contributed by atoms with van der Waals surface area (Å²) in [6.07, 6.45) is 11.0. The predicted octanol–water partition coefficient (Wildman–Crippen LogP) is 6.17. The molecule has 8 nitrogen and oxygen atoms in total. The minimum absolute atomic E-state index is 0.000148.